The zero-order valence-corrected chi connectivity index (χ0v) is 10.3. The quantitative estimate of drug-likeness (QED) is 0.724. The van der Waals surface area contributed by atoms with Crippen molar-refractivity contribution in [3.63, 3.8) is 0 Å². The lowest BCUT2D eigenvalue weighted by molar-refractivity contribution is -0.130. The molecule has 1 atom stereocenters. The van der Waals surface area contributed by atoms with Gasteiger partial charge in [-0.3, -0.25) is 9.69 Å². The van der Waals surface area contributed by atoms with E-state index in [2.05, 4.69) is 11.5 Å². The first-order valence-electron chi connectivity index (χ1n) is 6.48. The summed E-state index contributed by atoms with van der Waals surface area (Å²) in [5, 5.41) is 9.11. The van der Waals surface area contributed by atoms with Gasteiger partial charge in [0, 0.05) is 51.2 Å². The number of hydrogen-bond acceptors (Lipinski definition) is 3. The monoisotopic (exact) mass is 238 g/mol. The van der Waals surface area contributed by atoms with E-state index in [0.717, 1.165) is 39.0 Å². The van der Waals surface area contributed by atoms with Crippen LogP contribution in [0.25, 0.3) is 0 Å². The maximum atomic E-state index is 11.8. The molecular weight excluding hydrogens is 216 g/mol. The molecule has 0 aromatic rings. The standard InChI is InChI=1S/C13H22N2O2/c1-2-5-14-6-3-12(4-7-14)15-9-11(10-16)8-13(15)17/h2,11-12,16H,1,3-10H2. The number of piperidine rings is 1. The summed E-state index contributed by atoms with van der Waals surface area (Å²) in [5.41, 5.74) is 0. The normalized spacial score (nSPS) is 27.7. The molecule has 2 aliphatic heterocycles. The van der Waals surface area contributed by atoms with Crippen LogP contribution in [0.2, 0.25) is 0 Å². The van der Waals surface area contributed by atoms with E-state index in [0.29, 0.717) is 12.5 Å². The fourth-order valence-corrected chi connectivity index (χ4v) is 2.88. The predicted molar refractivity (Wildman–Crippen MR) is 66.6 cm³/mol. The van der Waals surface area contributed by atoms with E-state index in [4.69, 9.17) is 5.11 Å². The van der Waals surface area contributed by atoms with E-state index < -0.39 is 0 Å². The Labute approximate surface area is 103 Å². The molecule has 0 aliphatic carbocycles. The van der Waals surface area contributed by atoms with Gasteiger partial charge in [-0.2, -0.15) is 0 Å². The summed E-state index contributed by atoms with van der Waals surface area (Å²) in [7, 11) is 0. The van der Waals surface area contributed by atoms with Gasteiger partial charge in [0.15, 0.2) is 0 Å². The molecule has 4 heteroatoms. The van der Waals surface area contributed by atoms with Crippen LogP contribution >= 0.6 is 0 Å². The number of hydrogen-bond donors (Lipinski definition) is 1. The maximum absolute atomic E-state index is 11.8. The Kier molecular flexibility index (Phi) is 4.18. The Bertz CT molecular complexity index is 285. The number of aliphatic hydroxyl groups is 1. The third-order valence-electron chi connectivity index (χ3n) is 3.88. The molecule has 0 aromatic carbocycles. The van der Waals surface area contributed by atoms with E-state index in [-0.39, 0.29) is 18.4 Å². The average molecular weight is 238 g/mol. The van der Waals surface area contributed by atoms with E-state index in [1.54, 1.807) is 0 Å². The molecule has 2 aliphatic rings. The summed E-state index contributed by atoms with van der Waals surface area (Å²) in [6, 6.07) is 0.389. The molecule has 0 aromatic heterocycles. The zero-order valence-electron chi connectivity index (χ0n) is 10.3. The molecule has 0 spiro atoms. The first-order chi connectivity index (χ1) is 8.24. The topological polar surface area (TPSA) is 43.8 Å². The first-order valence-corrected chi connectivity index (χ1v) is 6.48. The predicted octanol–water partition coefficient (Wildman–Crippen LogP) is 0.478. The number of carbonyl (C=O) groups is 1. The summed E-state index contributed by atoms with van der Waals surface area (Å²) < 4.78 is 0. The Morgan fingerprint density at radius 2 is 2.12 bits per heavy atom. The van der Waals surface area contributed by atoms with Gasteiger partial charge in [0.05, 0.1) is 0 Å². The van der Waals surface area contributed by atoms with Crippen LogP contribution in [0.15, 0.2) is 12.7 Å². The van der Waals surface area contributed by atoms with Crippen LogP contribution in [-0.4, -0.2) is 59.6 Å². The van der Waals surface area contributed by atoms with Crippen molar-refractivity contribution in [2.75, 3.05) is 32.8 Å². The second-order valence-electron chi connectivity index (χ2n) is 5.12. The Morgan fingerprint density at radius 1 is 1.41 bits per heavy atom. The molecule has 17 heavy (non-hydrogen) atoms. The van der Waals surface area contributed by atoms with E-state index >= 15 is 0 Å². The first kappa shape index (κ1) is 12.6. The molecule has 4 nitrogen and oxygen atoms in total. The summed E-state index contributed by atoms with van der Waals surface area (Å²) in [6.45, 7) is 7.67. The van der Waals surface area contributed by atoms with Crippen molar-refractivity contribution in [2.24, 2.45) is 5.92 Å². The molecule has 2 rings (SSSR count). The number of likely N-dealkylation sites (tertiary alicyclic amines) is 2. The van der Waals surface area contributed by atoms with Crippen LogP contribution in [0, 0.1) is 5.92 Å². The number of carbonyl (C=O) groups excluding carboxylic acids is 1. The van der Waals surface area contributed by atoms with Gasteiger partial charge in [-0.15, -0.1) is 6.58 Å². The third-order valence-corrected chi connectivity index (χ3v) is 3.88. The van der Waals surface area contributed by atoms with Crippen molar-refractivity contribution in [3.05, 3.63) is 12.7 Å². The highest BCUT2D eigenvalue weighted by molar-refractivity contribution is 5.79. The minimum Gasteiger partial charge on any atom is -0.396 e. The van der Waals surface area contributed by atoms with Crippen LogP contribution in [0.4, 0.5) is 0 Å². The van der Waals surface area contributed by atoms with Crippen molar-refractivity contribution in [1.82, 2.24) is 9.80 Å². The van der Waals surface area contributed by atoms with Gasteiger partial charge in [0.1, 0.15) is 0 Å². The minimum absolute atomic E-state index is 0.136. The van der Waals surface area contributed by atoms with E-state index in [1.807, 2.05) is 11.0 Å². The van der Waals surface area contributed by atoms with Crippen LogP contribution in [0.3, 0.4) is 0 Å². The van der Waals surface area contributed by atoms with Gasteiger partial charge in [-0.05, 0) is 12.8 Å². The molecular formula is C13H22N2O2. The molecule has 96 valence electrons. The van der Waals surface area contributed by atoms with Crippen LogP contribution < -0.4 is 0 Å². The molecule has 2 fully saturated rings. The highest BCUT2D eigenvalue weighted by Crippen LogP contribution is 2.25. The fourth-order valence-electron chi connectivity index (χ4n) is 2.88. The Hall–Kier alpha value is -0.870. The Balaban J connectivity index is 1.84. The average Bonchev–Trinajstić information content (AvgIpc) is 2.72. The molecule has 1 N–H and O–H groups in total. The smallest absolute Gasteiger partial charge is 0.223 e. The number of aliphatic hydroxyl groups excluding tert-OH is 1. The highest BCUT2D eigenvalue weighted by atomic mass is 16.3. The van der Waals surface area contributed by atoms with Crippen molar-refractivity contribution in [3.8, 4) is 0 Å². The van der Waals surface area contributed by atoms with Gasteiger partial charge in [-0.1, -0.05) is 6.08 Å². The number of rotatable bonds is 4. The molecule has 2 heterocycles. The summed E-state index contributed by atoms with van der Waals surface area (Å²) >= 11 is 0. The van der Waals surface area contributed by atoms with Crippen molar-refractivity contribution >= 4 is 5.91 Å². The SMILES string of the molecule is C=CCN1CCC(N2CC(CO)CC2=O)CC1. The lowest BCUT2D eigenvalue weighted by atomic mass is 10.0. The van der Waals surface area contributed by atoms with Gasteiger partial charge < -0.3 is 10.0 Å². The van der Waals surface area contributed by atoms with E-state index in [1.165, 1.54) is 0 Å². The van der Waals surface area contributed by atoms with Crippen LogP contribution in [0.5, 0.6) is 0 Å². The second kappa shape index (κ2) is 5.65. The molecule has 2 saturated heterocycles. The maximum Gasteiger partial charge on any atom is 0.223 e. The molecule has 0 bridgehead atoms. The summed E-state index contributed by atoms with van der Waals surface area (Å²) in [5.74, 6) is 0.389. The summed E-state index contributed by atoms with van der Waals surface area (Å²) in [6.07, 6.45) is 4.57. The van der Waals surface area contributed by atoms with Crippen molar-refractivity contribution in [1.29, 1.82) is 0 Å². The van der Waals surface area contributed by atoms with Gasteiger partial charge in [0.2, 0.25) is 5.91 Å². The van der Waals surface area contributed by atoms with Gasteiger partial charge >= 0.3 is 0 Å². The van der Waals surface area contributed by atoms with Crippen LogP contribution in [-0.2, 0) is 4.79 Å². The van der Waals surface area contributed by atoms with Crippen molar-refractivity contribution < 1.29 is 9.90 Å². The lowest BCUT2D eigenvalue weighted by Gasteiger charge is -2.36. The van der Waals surface area contributed by atoms with Gasteiger partial charge in [-0.25, -0.2) is 0 Å². The largest absolute Gasteiger partial charge is 0.396 e. The second-order valence-corrected chi connectivity index (χ2v) is 5.12. The number of nitrogens with zero attached hydrogens (tertiary/aromatic N) is 2. The molecule has 0 saturated carbocycles. The minimum atomic E-state index is 0.136. The van der Waals surface area contributed by atoms with Gasteiger partial charge in [0.25, 0.3) is 0 Å². The van der Waals surface area contributed by atoms with Crippen molar-refractivity contribution in [2.45, 2.75) is 25.3 Å². The lowest BCUT2D eigenvalue weighted by Crippen LogP contribution is -2.45. The zero-order chi connectivity index (χ0) is 12.3. The fraction of sp³-hybridized carbons (Fsp3) is 0.769. The highest BCUT2D eigenvalue weighted by Gasteiger charge is 2.35. The number of amides is 1. The molecule has 1 unspecified atom stereocenters. The molecule has 0 radical (unpaired) electrons. The van der Waals surface area contributed by atoms with E-state index in [9.17, 15) is 4.79 Å². The Morgan fingerprint density at radius 3 is 2.65 bits per heavy atom. The third kappa shape index (κ3) is 2.87. The van der Waals surface area contributed by atoms with Crippen LogP contribution in [0.1, 0.15) is 19.3 Å². The molecule has 1 amide bonds. The summed E-state index contributed by atoms with van der Waals surface area (Å²) in [4.78, 5) is 16.2.